The van der Waals surface area contributed by atoms with Crippen LogP contribution in [0.3, 0.4) is 0 Å². The molecule has 10 nitrogen and oxygen atoms in total. The van der Waals surface area contributed by atoms with Crippen LogP contribution in [0.2, 0.25) is 0 Å². The molecule has 4 rings (SSSR count). The number of nitrogens with two attached hydrogens (primary N) is 2. The zero-order chi connectivity index (χ0) is 43.5. The third-order valence-electron chi connectivity index (χ3n) is 8.58. The molecule has 2 atom stereocenters. The van der Waals surface area contributed by atoms with E-state index in [0.29, 0.717) is 49.4 Å². The lowest BCUT2D eigenvalue weighted by Crippen LogP contribution is -2.26. The highest BCUT2D eigenvalue weighted by molar-refractivity contribution is 9.10. The second-order valence-corrected chi connectivity index (χ2v) is 17.5. The minimum atomic E-state index is -0.750. The van der Waals surface area contributed by atoms with Gasteiger partial charge in [-0.2, -0.15) is 34.4 Å². The number of carbonyl (C=O) groups is 2. The fraction of sp³-hybridized carbons (Fsp3) is 0.381. The van der Waals surface area contributed by atoms with Gasteiger partial charge in [-0.25, -0.2) is 0 Å². The Balaban J connectivity index is 0.000000373. The topological polar surface area (TPSA) is 164 Å². The molecule has 0 aromatic heterocycles. The molecular weight excluding hydrogens is 937 g/mol. The SMILES string of the molecule is COc1cc(Br)c(CC(CCc2ccc(O)cc2)C(N)=O)cc1O.COc1cc(Br)c(CC(CCc2ccc(OC(C)C)cc2)C(N)=O)cc1OC(C)C.ClB(Cl)Cl. The Labute approximate surface area is 373 Å². The number of aryl methyl sites for hydroxylation is 2. The molecule has 16 heteroatoms. The average Bonchev–Trinajstić information content (AvgIpc) is 3.14. The van der Waals surface area contributed by atoms with E-state index in [4.69, 9.17) is 64.8 Å². The zero-order valence-electron chi connectivity index (χ0n) is 33.4. The number of amides is 2. The van der Waals surface area contributed by atoms with Gasteiger partial charge >= 0.3 is 4.96 Å². The molecule has 0 heterocycles. The molecule has 0 aliphatic heterocycles. The molecule has 0 fully saturated rings. The van der Waals surface area contributed by atoms with Gasteiger partial charge in [-0.1, -0.05) is 56.1 Å². The number of phenolic OH excluding ortho intramolecular Hbond substituents is 2. The number of phenols is 2. The second kappa shape index (κ2) is 25.9. The lowest BCUT2D eigenvalue weighted by Gasteiger charge is -2.19. The number of ether oxygens (including phenoxy) is 4. The molecule has 316 valence electrons. The van der Waals surface area contributed by atoms with Gasteiger partial charge in [0.15, 0.2) is 23.0 Å². The van der Waals surface area contributed by atoms with E-state index in [0.717, 1.165) is 43.4 Å². The van der Waals surface area contributed by atoms with Crippen LogP contribution in [0, 0.1) is 11.8 Å². The first-order chi connectivity index (χ1) is 27.3. The molecule has 0 aliphatic carbocycles. The highest BCUT2D eigenvalue weighted by Crippen LogP contribution is 2.36. The molecule has 58 heavy (non-hydrogen) atoms. The highest BCUT2D eigenvalue weighted by Gasteiger charge is 2.21. The van der Waals surface area contributed by atoms with E-state index >= 15 is 0 Å². The number of carbonyl (C=O) groups excluding carboxylic acids is 2. The molecule has 0 radical (unpaired) electrons. The number of methoxy groups -OCH3 is 2. The van der Waals surface area contributed by atoms with E-state index < -0.39 is 4.96 Å². The smallest absolute Gasteiger partial charge is 0.450 e. The normalized spacial score (nSPS) is 11.7. The maximum absolute atomic E-state index is 12.1. The Morgan fingerprint density at radius 3 is 1.48 bits per heavy atom. The summed E-state index contributed by atoms with van der Waals surface area (Å²) in [4.78, 5) is 23.2. The molecule has 0 bridgehead atoms. The predicted octanol–water partition coefficient (Wildman–Crippen LogP) is 10.1. The van der Waals surface area contributed by atoms with E-state index in [-0.39, 0.29) is 47.4 Å². The van der Waals surface area contributed by atoms with Crippen molar-refractivity contribution in [1.82, 2.24) is 0 Å². The van der Waals surface area contributed by atoms with Crippen molar-refractivity contribution < 1.29 is 38.7 Å². The Kier molecular flexibility index (Phi) is 22.6. The van der Waals surface area contributed by atoms with Crippen molar-refractivity contribution >= 4 is 83.0 Å². The van der Waals surface area contributed by atoms with Crippen LogP contribution in [0.15, 0.2) is 81.7 Å². The van der Waals surface area contributed by atoms with Crippen LogP contribution in [-0.4, -0.2) is 53.4 Å². The maximum atomic E-state index is 12.1. The van der Waals surface area contributed by atoms with Crippen molar-refractivity contribution in [3.05, 3.63) is 104 Å². The van der Waals surface area contributed by atoms with Crippen LogP contribution < -0.4 is 30.4 Å². The van der Waals surface area contributed by atoms with Gasteiger partial charge < -0.3 is 40.6 Å². The Bertz CT molecular complexity index is 1890. The molecule has 4 aromatic rings. The van der Waals surface area contributed by atoms with Gasteiger partial charge in [-0.15, -0.1) is 0 Å². The van der Waals surface area contributed by atoms with Gasteiger partial charge in [0.2, 0.25) is 11.8 Å². The zero-order valence-corrected chi connectivity index (χ0v) is 38.9. The van der Waals surface area contributed by atoms with Crippen LogP contribution in [0.5, 0.6) is 34.5 Å². The van der Waals surface area contributed by atoms with Gasteiger partial charge in [0, 0.05) is 20.8 Å². The fourth-order valence-corrected chi connectivity index (χ4v) is 6.69. The summed E-state index contributed by atoms with van der Waals surface area (Å²) >= 11 is 21.4. The molecule has 0 saturated heterocycles. The van der Waals surface area contributed by atoms with E-state index in [1.165, 1.54) is 7.11 Å². The molecular formula is C42H52BBr2Cl3N2O8. The van der Waals surface area contributed by atoms with Crippen molar-refractivity contribution in [3.63, 3.8) is 0 Å². The van der Waals surface area contributed by atoms with Crippen molar-refractivity contribution in [3.8, 4) is 34.5 Å². The van der Waals surface area contributed by atoms with Crippen LogP contribution in [0.1, 0.15) is 62.8 Å². The number of benzene rings is 4. The quantitative estimate of drug-likeness (QED) is 0.0716. The molecule has 0 saturated carbocycles. The van der Waals surface area contributed by atoms with E-state index in [1.54, 1.807) is 31.4 Å². The first-order valence-electron chi connectivity index (χ1n) is 18.5. The highest BCUT2D eigenvalue weighted by atomic mass is 79.9. The van der Waals surface area contributed by atoms with Crippen molar-refractivity contribution in [1.29, 1.82) is 0 Å². The third kappa shape index (κ3) is 18.6. The summed E-state index contributed by atoms with van der Waals surface area (Å²) in [5.74, 6) is 1.44. The standard InChI is InChI=1S/C24H32BrNO4.C18H20BrNO4.BCl3/c1-15(2)29-20-10-7-17(8-11-20)6-9-18(24(26)27)12-19-13-23(30-16(3)4)22(28-5)14-21(19)25;1-24-17-10-15(19)13(9-16(17)22)8-12(18(20)23)5-2-11-3-6-14(21)7-4-11;2-1(3)4/h7-8,10-11,13-16,18H,6,9,12H2,1-5H3,(H2,26,27);3-4,6-7,9-10,12,21-22H,2,5,8H2,1H3,(H2,20,23);. The van der Waals surface area contributed by atoms with Crippen LogP contribution in [0.4, 0.5) is 0 Å². The number of aromatic hydroxyl groups is 2. The van der Waals surface area contributed by atoms with Gasteiger partial charge in [0.25, 0.3) is 0 Å². The number of halogens is 5. The summed E-state index contributed by atoms with van der Waals surface area (Å²) in [7, 11) is 3.09. The Morgan fingerprint density at radius 2 is 1.07 bits per heavy atom. The minimum Gasteiger partial charge on any atom is -0.508 e. The lowest BCUT2D eigenvalue weighted by atomic mass is 9.92. The van der Waals surface area contributed by atoms with Crippen molar-refractivity contribution in [2.45, 2.75) is 78.4 Å². The summed E-state index contributed by atoms with van der Waals surface area (Å²) in [5.41, 5.74) is 15.2. The summed E-state index contributed by atoms with van der Waals surface area (Å²) in [6, 6.07) is 21.9. The molecule has 2 amide bonds. The minimum absolute atomic E-state index is 0.0162. The summed E-state index contributed by atoms with van der Waals surface area (Å²) in [6.45, 7) is 7.93. The Hall–Kier alpha value is -3.49. The average molecular weight is 990 g/mol. The molecule has 0 aliphatic rings. The van der Waals surface area contributed by atoms with Gasteiger partial charge in [-0.3, -0.25) is 9.59 Å². The largest absolute Gasteiger partial charge is 0.508 e. The number of rotatable bonds is 18. The summed E-state index contributed by atoms with van der Waals surface area (Å²) < 4.78 is 23.7. The fourth-order valence-electron chi connectivity index (χ4n) is 5.72. The molecule has 4 aromatic carbocycles. The first kappa shape index (κ1) is 50.7. The Morgan fingerprint density at radius 1 is 0.655 bits per heavy atom. The van der Waals surface area contributed by atoms with Crippen molar-refractivity contribution in [2.75, 3.05) is 14.2 Å². The molecule has 6 N–H and O–H groups in total. The second-order valence-electron chi connectivity index (χ2n) is 13.8. The number of primary amides is 2. The lowest BCUT2D eigenvalue weighted by molar-refractivity contribution is -0.122. The maximum Gasteiger partial charge on any atom is 0.450 e. The first-order valence-corrected chi connectivity index (χ1v) is 21.4. The van der Waals surface area contributed by atoms with Gasteiger partial charge in [0.05, 0.1) is 26.4 Å². The summed E-state index contributed by atoms with van der Waals surface area (Å²) in [6.07, 6.45) is 3.80. The third-order valence-corrected chi connectivity index (χ3v) is 10.1. The molecule has 2 unspecified atom stereocenters. The predicted molar refractivity (Wildman–Crippen MR) is 242 cm³/mol. The number of hydrogen-bond acceptors (Lipinski definition) is 8. The number of hydrogen-bond donors (Lipinski definition) is 4. The van der Waals surface area contributed by atoms with E-state index in [9.17, 15) is 19.8 Å². The van der Waals surface area contributed by atoms with Crippen molar-refractivity contribution in [2.24, 2.45) is 23.3 Å². The summed E-state index contributed by atoms with van der Waals surface area (Å²) in [5, 5.41) is 19.2. The van der Waals surface area contributed by atoms with Gasteiger partial charge in [0.1, 0.15) is 11.5 Å². The van der Waals surface area contributed by atoms with E-state index in [2.05, 4.69) is 31.9 Å². The van der Waals surface area contributed by atoms with E-state index in [1.807, 2.05) is 76.2 Å². The van der Waals surface area contributed by atoms with Crippen LogP contribution in [-0.2, 0) is 35.3 Å². The van der Waals surface area contributed by atoms with Crippen LogP contribution >= 0.6 is 66.2 Å². The molecule has 0 spiro atoms. The monoisotopic (exact) mass is 986 g/mol. The van der Waals surface area contributed by atoms with Gasteiger partial charge in [-0.05, 0) is 137 Å². The van der Waals surface area contributed by atoms with Crippen LogP contribution in [0.25, 0.3) is 0 Å².